The van der Waals surface area contributed by atoms with E-state index in [-0.39, 0.29) is 5.92 Å². The number of nitrogens with zero attached hydrogens (tertiary/aromatic N) is 1. The van der Waals surface area contributed by atoms with Gasteiger partial charge in [-0.25, -0.2) is 0 Å². The Morgan fingerprint density at radius 1 is 0.576 bits per heavy atom. The van der Waals surface area contributed by atoms with Gasteiger partial charge in [0.15, 0.2) is 0 Å². The van der Waals surface area contributed by atoms with Gasteiger partial charge in [-0.15, -0.1) is 0 Å². The molecule has 0 saturated carbocycles. The zero-order valence-electron chi connectivity index (χ0n) is 21.3. The third-order valence-electron chi connectivity index (χ3n) is 7.82. The molecule has 0 amide bonds. The number of hydrogen-bond donors (Lipinski definition) is 0. The molecule has 0 radical (unpaired) electrons. The molecule has 0 atom stereocenters. The fraction of sp³-hybridized carbons (Fsp3) is 0.538. The molecule has 2 saturated heterocycles. The highest BCUT2D eigenvalue weighted by Crippen LogP contribution is 2.42. The zero-order chi connectivity index (χ0) is 24.1. The fourth-order valence-corrected chi connectivity index (χ4v) is 4.15. The summed E-state index contributed by atoms with van der Waals surface area (Å²) in [5.41, 5.74) is 0.593. The summed E-state index contributed by atoms with van der Waals surface area (Å²) in [6.07, 6.45) is 0. The van der Waals surface area contributed by atoms with E-state index in [4.69, 9.17) is 18.6 Å². The summed E-state index contributed by atoms with van der Waals surface area (Å²) in [5, 5.41) is 0. The highest BCUT2D eigenvalue weighted by atomic mass is 16.7. The minimum absolute atomic E-state index is 0.0884. The van der Waals surface area contributed by atoms with Crippen molar-refractivity contribution in [3.63, 3.8) is 0 Å². The van der Waals surface area contributed by atoms with Crippen molar-refractivity contribution in [3.8, 4) is 0 Å². The van der Waals surface area contributed by atoms with E-state index in [0.29, 0.717) is 6.54 Å². The number of benzene rings is 2. The lowest BCUT2D eigenvalue weighted by atomic mass is 9.82. The van der Waals surface area contributed by atoms with Gasteiger partial charge in [-0.1, -0.05) is 60.7 Å². The monoisotopic (exact) mass is 449 g/mol. The first kappa shape index (κ1) is 24.5. The molecule has 2 aliphatic rings. The van der Waals surface area contributed by atoms with Crippen LogP contribution in [0.15, 0.2) is 60.7 Å². The molecule has 0 aliphatic carbocycles. The summed E-state index contributed by atoms with van der Waals surface area (Å²) in [4.78, 5) is 0. The van der Waals surface area contributed by atoms with Crippen molar-refractivity contribution in [2.45, 2.75) is 83.7 Å². The van der Waals surface area contributed by atoms with Crippen LogP contribution in [0.3, 0.4) is 0 Å². The van der Waals surface area contributed by atoms with Crippen LogP contribution in [0.1, 0.15) is 72.4 Å². The van der Waals surface area contributed by atoms with E-state index in [0.717, 1.165) is 0 Å². The quantitative estimate of drug-likeness (QED) is 0.560. The maximum atomic E-state index is 6.49. The van der Waals surface area contributed by atoms with Gasteiger partial charge in [-0.2, -0.15) is 0 Å². The first-order valence-electron chi connectivity index (χ1n) is 11.9. The lowest BCUT2D eigenvalue weighted by molar-refractivity contribution is 0.00578. The molecule has 33 heavy (non-hydrogen) atoms. The minimum atomic E-state index is -0.598. The Morgan fingerprint density at radius 2 is 0.879 bits per heavy atom. The van der Waals surface area contributed by atoms with Crippen molar-refractivity contribution in [1.29, 1.82) is 0 Å². The summed E-state index contributed by atoms with van der Waals surface area (Å²) in [5.74, 6) is 0.0884. The average Bonchev–Trinajstić information content (AvgIpc) is 3.09. The Morgan fingerprint density at radius 3 is 1.18 bits per heavy atom. The zero-order valence-corrected chi connectivity index (χ0v) is 21.3. The van der Waals surface area contributed by atoms with Gasteiger partial charge < -0.3 is 18.6 Å². The van der Waals surface area contributed by atoms with E-state index in [9.17, 15) is 0 Å². The van der Waals surface area contributed by atoms with E-state index >= 15 is 0 Å². The second kappa shape index (κ2) is 8.54. The smallest absolute Gasteiger partial charge is 0.390 e. The molecule has 0 spiro atoms. The van der Waals surface area contributed by atoms with Crippen molar-refractivity contribution >= 4 is 14.5 Å². The molecule has 2 aromatic rings. The van der Waals surface area contributed by atoms with Crippen LogP contribution in [0, 0.1) is 0 Å². The van der Waals surface area contributed by atoms with Crippen LogP contribution < -0.4 is 0 Å². The predicted molar refractivity (Wildman–Crippen MR) is 134 cm³/mol. The number of hydrogen-bond acceptors (Lipinski definition) is 5. The third kappa shape index (κ3) is 4.67. The van der Waals surface area contributed by atoms with Gasteiger partial charge in [0.2, 0.25) is 0 Å². The molecule has 5 nitrogen and oxygen atoms in total. The minimum Gasteiger partial charge on any atom is -0.390 e. The summed E-state index contributed by atoms with van der Waals surface area (Å²) < 4.78 is 28.1. The van der Waals surface area contributed by atoms with Crippen LogP contribution >= 0.6 is 0 Å². The Kier molecular flexibility index (Phi) is 6.34. The second-order valence-electron chi connectivity index (χ2n) is 11.2. The first-order chi connectivity index (χ1) is 15.3. The van der Waals surface area contributed by atoms with Gasteiger partial charge in [-0.05, 0) is 73.1 Å². The van der Waals surface area contributed by atoms with Gasteiger partial charge in [0.25, 0.3) is 0 Å². The normalized spacial score (nSPS) is 23.0. The van der Waals surface area contributed by atoms with Gasteiger partial charge >= 0.3 is 14.5 Å². The third-order valence-corrected chi connectivity index (χ3v) is 7.82. The molecular formula is C26H37B2NO4. The number of rotatable bonds is 6. The van der Waals surface area contributed by atoms with Crippen molar-refractivity contribution in [2.24, 2.45) is 0 Å². The standard InChI is InChI=1S/C26H37B2NO4/c1-23(2)24(3,4)31-27(30-23)29(28-32-25(5,6)26(7,8)33-28)19-22(20-15-11-9-12-16-20)21-17-13-10-14-18-21/h9-18,22H,19H2,1-8H3. The van der Waals surface area contributed by atoms with Crippen LogP contribution in [-0.4, -0.2) is 48.2 Å². The molecule has 0 N–H and O–H groups in total. The molecule has 0 unspecified atom stereocenters. The first-order valence-corrected chi connectivity index (χ1v) is 11.9. The van der Waals surface area contributed by atoms with Crippen molar-refractivity contribution < 1.29 is 18.6 Å². The van der Waals surface area contributed by atoms with Gasteiger partial charge in [0, 0.05) is 5.92 Å². The van der Waals surface area contributed by atoms with E-state index < -0.39 is 36.9 Å². The molecule has 0 bridgehead atoms. The summed E-state index contributed by atoms with van der Waals surface area (Å²) in [6, 6.07) is 21.1. The van der Waals surface area contributed by atoms with Crippen LogP contribution in [0.4, 0.5) is 0 Å². The highest BCUT2D eigenvalue weighted by molar-refractivity contribution is 6.60. The largest absolute Gasteiger partial charge is 0.551 e. The van der Waals surface area contributed by atoms with Gasteiger partial charge in [-0.3, -0.25) is 4.72 Å². The van der Waals surface area contributed by atoms with Crippen LogP contribution in [0.2, 0.25) is 0 Å². The predicted octanol–water partition coefficient (Wildman–Crippen LogP) is 5.30. The summed E-state index contributed by atoms with van der Waals surface area (Å²) in [7, 11) is -1.20. The molecular weight excluding hydrogens is 412 g/mol. The van der Waals surface area contributed by atoms with Gasteiger partial charge in [0.1, 0.15) is 0 Å². The van der Waals surface area contributed by atoms with E-state index in [1.165, 1.54) is 11.1 Å². The molecule has 2 heterocycles. The second-order valence-corrected chi connectivity index (χ2v) is 11.2. The van der Waals surface area contributed by atoms with E-state index in [1.807, 2.05) is 12.1 Å². The van der Waals surface area contributed by atoms with Crippen LogP contribution in [0.25, 0.3) is 0 Å². The molecule has 4 rings (SSSR count). The van der Waals surface area contributed by atoms with Crippen molar-refractivity contribution in [3.05, 3.63) is 71.8 Å². The fourth-order valence-electron chi connectivity index (χ4n) is 4.15. The SMILES string of the molecule is CC1(C)OB(N(CC(c2ccccc2)c2ccccc2)B2OC(C)(C)C(C)(C)O2)OC1(C)C. The molecule has 176 valence electrons. The summed E-state index contributed by atoms with van der Waals surface area (Å²) >= 11 is 0. The molecule has 2 aromatic carbocycles. The molecule has 2 aliphatic heterocycles. The Bertz CT molecular complexity index is 842. The van der Waals surface area contributed by atoms with Crippen LogP contribution in [0.5, 0.6) is 0 Å². The topological polar surface area (TPSA) is 40.2 Å². The average molecular weight is 449 g/mol. The van der Waals surface area contributed by atoms with Crippen LogP contribution in [-0.2, 0) is 18.6 Å². The van der Waals surface area contributed by atoms with Crippen molar-refractivity contribution in [2.75, 3.05) is 6.54 Å². The molecule has 2 fully saturated rings. The Labute approximate surface area is 200 Å². The van der Waals surface area contributed by atoms with Crippen molar-refractivity contribution in [1.82, 2.24) is 4.72 Å². The Balaban J connectivity index is 1.73. The molecule has 7 heteroatoms. The lowest BCUT2D eigenvalue weighted by Crippen LogP contribution is -2.54. The Hall–Kier alpha value is -1.63. The maximum Gasteiger partial charge on any atom is 0.551 e. The van der Waals surface area contributed by atoms with E-state index in [1.54, 1.807) is 0 Å². The highest BCUT2D eigenvalue weighted by Gasteiger charge is 2.61. The van der Waals surface area contributed by atoms with E-state index in [2.05, 4.69) is 109 Å². The lowest BCUT2D eigenvalue weighted by Gasteiger charge is -2.32. The molecule has 0 aromatic heterocycles. The maximum absolute atomic E-state index is 6.49. The summed E-state index contributed by atoms with van der Waals surface area (Å²) in [6.45, 7) is 17.2. The van der Waals surface area contributed by atoms with Gasteiger partial charge in [0.05, 0.1) is 22.4 Å².